The molecule has 1 atom stereocenters. The smallest absolute Gasteiger partial charge is 0.338 e. The standard InChI is InChI=1S/C12H17NO4S/c1-2-11(8-9-18(13,15)16)17-12(14)10-6-4-3-5-7-10/h3-7,11H,2,8-9H2,1H3,(H2,13,15,16). The van der Waals surface area contributed by atoms with Gasteiger partial charge in [-0.2, -0.15) is 0 Å². The molecule has 0 heterocycles. The third-order valence-electron chi connectivity index (χ3n) is 2.46. The topological polar surface area (TPSA) is 86.5 Å². The average molecular weight is 271 g/mol. The minimum Gasteiger partial charge on any atom is -0.459 e. The highest BCUT2D eigenvalue weighted by atomic mass is 32.2. The van der Waals surface area contributed by atoms with Crippen molar-refractivity contribution in [2.45, 2.75) is 25.9 Å². The molecule has 1 unspecified atom stereocenters. The molecule has 0 aromatic heterocycles. The van der Waals surface area contributed by atoms with Gasteiger partial charge in [-0.05, 0) is 25.0 Å². The summed E-state index contributed by atoms with van der Waals surface area (Å²) in [5.41, 5.74) is 0.451. The van der Waals surface area contributed by atoms with Crippen LogP contribution in [0.15, 0.2) is 30.3 Å². The lowest BCUT2D eigenvalue weighted by atomic mass is 10.2. The fourth-order valence-electron chi connectivity index (χ4n) is 1.44. The van der Waals surface area contributed by atoms with Gasteiger partial charge < -0.3 is 4.74 Å². The molecule has 0 spiro atoms. The van der Waals surface area contributed by atoms with Crippen LogP contribution in [-0.4, -0.2) is 26.2 Å². The fourth-order valence-corrected chi connectivity index (χ4v) is 2.03. The van der Waals surface area contributed by atoms with Gasteiger partial charge in [-0.25, -0.2) is 18.4 Å². The van der Waals surface area contributed by atoms with E-state index >= 15 is 0 Å². The Balaban J connectivity index is 2.56. The quantitative estimate of drug-likeness (QED) is 0.790. The number of carbonyl (C=O) groups is 1. The average Bonchev–Trinajstić information content (AvgIpc) is 2.34. The molecule has 0 saturated carbocycles. The maximum absolute atomic E-state index is 11.7. The van der Waals surface area contributed by atoms with E-state index in [2.05, 4.69) is 0 Å². The van der Waals surface area contributed by atoms with Crippen molar-refractivity contribution >= 4 is 16.0 Å². The number of rotatable bonds is 6. The van der Waals surface area contributed by atoms with Crippen molar-refractivity contribution in [3.8, 4) is 0 Å². The summed E-state index contributed by atoms with van der Waals surface area (Å²) in [7, 11) is -3.52. The van der Waals surface area contributed by atoms with Gasteiger partial charge in [0, 0.05) is 0 Å². The highest BCUT2D eigenvalue weighted by Crippen LogP contribution is 2.09. The lowest BCUT2D eigenvalue weighted by Crippen LogP contribution is -2.24. The summed E-state index contributed by atoms with van der Waals surface area (Å²) in [4.78, 5) is 11.7. The molecular weight excluding hydrogens is 254 g/mol. The minimum absolute atomic E-state index is 0.187. The Hall–Kier alpha value is -1.40. The lowest BCUT2D eigenvalue weighted by Gasteiger charge is -2.15. The minimum atomic E-state index is -3.52. The van der Waals surface area contributed by atoms with E-state index in [4.69, 9.17) is 9.88 Å². The third-order valence-corrected chi connectivity index (χ3v) is 3.27. The summed E-state index contributed by atoms with van der Waals surface area (Å²) in [6.07, 6.45) is 0.332. The highest BCUT2D eigenvalue weighted by Gasteiger charge is 2.16. The zero-order chi connectivity index (χ0) is 13.6. The Labute approximate surface area is 107 Å². The Morgan fingerprint density at radius 2 is 1.94 bits per heavy atom. The van der Waals surface area contributed by atoms with Gasteiger partial charge in [-0.1, -0.05) is 25.1 Å². The van der Waals surface area contributed by atoms with E-state index in [1.165, 1.54) is 0 Å². The van der Waals surface area contributed by atoms with E-state index in [0.717, 1.165) is 0 Å². The summed E-state index contributed by atoms with van der Waals surface area (Å²) in [6.45, 7) is 1.83. The number of hydrogen-bond acceptors (Lipinski definition) is 4. The first-order valence-electron chi connectivity index (χ1n) is 5.69. The number of carbonyl (C=O) groups excluding carboxylic acids is 1. The summed E-state index contributed by atoms with van der Waals surface area (Å²) in [5, 5.41) is 4.91. The van der Waals surface area contributed by atoms with Crippen LogP contribution >= 0.6 is 0 Å². The number of sulfonamides is 1. The van der Waals surface area contributed by atoms with Crippen molar-refractivity contribution < 1.29 is 17.9 Å². The maximum Gasteiger partial charge on any atom is 0.338 e. The van der Waals surface area contributed by atoms with Crippen molar-refractivity contribution in [2.24, 2.45) is 5.14 Å². The number of benzene rings is 1. The van der Waals surface area contributed by atoms with Crippen LogP contribution < -0.4 is 5.14 Å². The molecule has 0 bridgehead atoms. The highest BCUT2D eigenvalue weighted by molar-refractivity contribution is 7.89. The molecule has 2 N–H and O–H groups in total. The van der Waals surface area contributed by atoms with E-state index < -0.39 is 22.1 Å². The molecule has 6 heteroatoms. The predicted molar refractivity (Wildman–Crippen MR) is 68.5 cm³/mol. The first-order chi connectivity index (χ1) is 8.42. The van der Waals surface area contributed by atoms with Crippen LogP contribution in [0.25, 0.3) is 0 Å². The van der Waals surface area contributed by atoms with Crippen molar-refractivity contribution in [3.63, 3.8) is 0 Å². The van der Waals surface area contributed by atoms with Crippen LogP contribution in [0.2, 0.25) is 0 Å². The molecule has 0 aliphatic carbocycles. The SMILES string of the molecule is CCC(CCS(N)(=O)=O)OC(=O)c1ccccc1. The van der Waals surface area contributed by atoms with Gasteiger partial charge in [0.15, 0.2) is 0 Å². The molecular formula is C12H17NO4S. The van der Waals surface area contributed by atoms with E-state index in [1.54, 1.807) is 30.3 Å². The largest absolute Gasteiger partial charge is 0.459 e. The number of hydrogen-bond donors (Lipinski definition) is 1. The van der Waals surface area contributed by atoms with Crippen molar-refractivity contribution in [1.82, 2.24) is 0 Å². The number of ether oxygens (including phenoxy) is 1. The normalized spacial score (nSPS) is 13.0. The summed E-state index contributed by atoms with van der Waals surface area (Å²) < 4.78 is 26.9. The maximum atomic E-state index is 11.7. The second-order valence-electron chi connectivity index (χ2n) is 3.96. The van der Waals surface area contributed by atoms with Crippen LogP contribution in [-0.2, 0) is 14.8 Å². The Bertz CT molecular complexity index is 484. The van der Waals surface area contributed by atoms with E-state index in [-0.39, 0.29) is 12.2 Å². The number of nitrogens with two attached hydrogens (primary N) is 1. The molecule has 0 radical (unpaired) electrons. The van der Waals surface area contributed by atoms with Crippen molar-refractivity contribution in [1.29, 1.82) is 0 Å². The zero-order valence-electron chi connectivity index (χ0n) is 10.2. The molecule has 0 saturated heterocycles. The summed E-state index contributed by atoms with van der Waals surface area (Å²) in [5.74, 6) is -0.634. The van der Waals surface area contributed by atoms with Crippen LogP contribution in [0.4, 0.5) is 0 Å². The molecule has 1 aromatic carbocycles. The first-order valence-corrected chi connectivity index (χ1v) is 7.40. The van der Waals surface area contributed by atoms with Crippen LogP contribution in [0.5, 0.6) is 0 Å². The Kier molecular flexibility index (Phi) is 5.30. The Morgan fingerprint density at radius 3 is 2.44 bits per heavy atom. The van der Waals surface area contributed by atoms with Gasteiger partial charge in [0.25, 0.3) is 0 Å². The number of esters is 1. The van der Waals surface area contributed by atoms with Gasteiger partial charge >= 0.3 is 5.97 Å². The van der Waals surface area contributed by atoms with Gasteiger partial charge in [0.2, 0.25) is 10.0 Å². The molecule has 0 aliphatic heterocycles. The third kappa shape index (κ3) is 5.29. The van der Waals surface area contributed by atoms with Crippen LogP contribution in [0, 0.1) is 0 Å². The second kappa shape index (κ2) is 6.51. The molecule has 18 heavy (non-hydrogen) atoms. The molecule has 1 rings (SSSR count). The lowest BCUT2D eigenvalue weighted by molar-refractivity contribution is 0.0286. The van der Waals surface area contributed by atoms with E-state index in [0.29, 0.717) is 12.0 Å². The monoisotopic (exact) mass is 271 g/mol. The molecule has 0 aliphatic rings. The molecule has 100 valence electrons. The van der Waals surface area contributed by atoms with Gasteiger partial charge in [0.05, 0.1) is 11.3 Å². The fraction of sp³-hybridized carbons (Fsp3) is 0.417. The second-order valence-corrected chi connectivity index (χ2v) is 5.69. The zero-order valence-corrected chi connectivity index (χ0v) is 11.0. The van der Waals surface area contributed by atoms with E-state index in [1.807, 2.05) is 6.92 Å². The molecule has 0 fully saturated rings. The van der Waals surface area contributed by atoms with Gasteiger partial charge in [-0.15, -0.1) is 0 Å². The Morgan fingerprint density at radius 1 is 1.33 bits per heavy atom. The molecule has 5 nitrogen and oxygen atoms in total. The van der Waals surface area contributed by atoms with Crippen molar-refractivity contribution in [2.75, 3.05) is 5.75 Å². The van der Waals surface area contributed by atoms with E-state index in [9.17, 15) is 13.2 Å². The van der Waals surface area contributed by atoms with Crippen LogP contribution in [0.3, 0.4) is 0 Å². The van der Waals surface area contributed by atoms with Gasteiger partial charge in [0.1, 0.15) is 6.10 Å². The van der Waals surface area contributed by atoms with Gasteiger partial charge in [-0.3, -0.25) is 0 Å². The summed E-state index contributed by atoms with van der Waals surface area (Å²) >= 11 is 0. The first kappa shape index (κ1) is 14.7. The molecule has 1 aromatic rings. The number of primary sulfonamides is 1. The van der Waals surface area contributed by atoms with Crippen LogP contribution in [0.1, 0.15) is 30.1 Å². The summed E-state index contributed by atoms with van der Waals surface area (Å²) in [6, 6.07) is 8.57. The predicted octanol–water partition coefficient (Wildman–Crippen LogP) is 1.30. The van der Waals surface area contributed by atoms with Crippen molar-refractivity contribution in [3.05, 3.63) is 35.9 Å². The molecule has 0 amide bonds.